The van der Waals surface area contributed by atoms with Gasteiger partial charge in [-0.3, -0.25) is 4.72 Å². The van der Waals surface area contributed by atoms with Crippen molar-refractivity contribution in [2.24, 2.45) is 0 Å². The lowest BCUT2D eigenvalue weighted by molar-refractivity contribution is 0.600. The van der Waals surface area contributed by atoms with Crippen LogP contribution in [0, 0.1) is 6.92 Å². The first-order valence-electron chi connectivity index (χ1n) is 5.71. The van der Waals surface area contributed by atoms with Crippen molar-refractivity contribution in [3.8, 4) is 0 Å². The van der Waals surface area contributed by atoms with Crippen LogP contribution in [0.25, 0.3) is 0 Å². The van der Waals surface area contributed by atoms with E-state index in [2.05, 4.69) is 20.0 Å². The maximum atomic E-state index is 12.2. The van der Waals surface area contributed by atoms with Gasteiger partial charge in [0.25, 0.3) is 10.0 Å². The minimum atomic E-state index is -3.76. The molecule has 0 saturated carbocycles. The molecule has 0 radical (unpaired) electrons. The van der Waals surface area contributed by atoms with Crippen molar-refractivity contribution in [2.45, 2.75) is 11.8 Å². The zero-order chi connectivity index (χ0) is 14.8. The van der Waals surface area contributed by atoms with Crippen molar-refractivity contribution in [2.75, 3.05) is 17.1 Å². The lowest BCUT2D eigenvalue weighted by Gasteiger charge is -2.10. The monoisotopic (exact) mass is 312 g/mol. The van der Waals surface area contributed by atoms with Crippen molar-refractivity contribution < 1.29 is 8.42 Å². The van der Waals surface area contributed by atoms with E-state index >= 15 is 0 Å². The van der Waals surface area contributed by atoms with Crippen LogP contribution in [0.1, 0.15) is 5.56 Å². The number of hydrogen-bond donors (Lipinski definition) is 2. The summed E-state index contributed by atoms with van der Waals surface area (Å²) >= 11 is 6.00. The van der Waals surface area contributed by atoms with Gasteiger partial charge in [-0.1, -0.05) is 17.7 Å². The summed E-state index contributed by atoms with van der Waals surface area (Å²) in [6, 6.07) is 5.06. The smallest absolute Gasteiger partial charge is 0.265 e. The second-order valence-corrected chi connectivity index (χ2v) is 6.17. The van der Waals surface area contributed by atoms with Crippen LogP contribution in [-0.2, 0) is 10.0 Å². The van der Waals surface area contributed by atoms with E-state index in [0.717, 1.165) is 5.56 Å². The summed E-state index contributed by atoms with van der Waals surface area (Å²) in [6.45, 7) is 1.87. The van der Waals surface area contributed by atoms with Crippen molar-refractivity contribution in [3.05, 3.63) is 41.2 Å². The van der Waals surface area contributed by atoms with E-state index in [4.69, 9.17) is 11.6 Å². The Kier molecular flexibility index (Phi) is 4.10. The average molecular weight is 313 g/mol. The molecule has 0 saturated heterocycles. The van der Waals surface area contributed by atoms with Crippen LogP contribution in [-0.4, -0.2) is 25.4 Å². The minimum Gasteiger partial charge on any atom is -0.357 e. The van der Waals surface area contributed by atoms with Gasteiger partial charge in [0.15, 0.2) is 0 Å². The Bertz CT molecular complexity index is 717. The van der Waals surface area contributed by atoms with Gasteiger partial charge >= 0.3 is 0 Å². The fraction of sp³-hybridized carbons (Fsp3) is 0.167. The molecule has 0 aliphatic heterocycles. The highest BCUT2D eigenvalue weighted by atomic mass is 35.5. The van der Waals surface area contributed by atoms with Crippen LogP contribution in [0.3, 0.4) is 0 Å². The number of nitrogens with zero attached hydrogens (tertiary/aromatic N) is 2. The van der Waals surface area contributed by atoms with Crippen LogP contribution in [0.15, 0.2) is 35.5 Å². The summed E-state index contributed by atoms with van der Waals surface area (Å²) in [5.41, 5.74) is 1.26. The van der Waals surface area contributed by atoms with Gasteiger partial charge in [-0.2, -0.15) is 0 Å². The SMILES string of the molecule is CNc1ncc(S(=O)(=O)Nc2ccc(C)cc2Cl)cn1. The number of anilines is 2. The minimum absolute atomic E-state index is 0.0341. The fourth-order valence-corrected chi connectivity index (χ4v) is 2.80. The van der Waals surface area contributed by atoms with Crippen LogP contribution in [0.2, 0.25) is 5.02 Å². The molecule has 1 heterocycles. The van der Waals surface area contributed by atoms with E-state index in [1.165, 1.54) is 12.4 Å². The van der Waals surface area contributed by atoms with E-state index in [1.54, 1.807) is 25.2 Å². The number of nitrogens with one attached hydrogen (secondary N) is 2. The standard InChI is InChI=1S/C12H13ClN4O2S/c1-8-3-4-11(10(13)5-8)17-20(18,19)9-6-15-12(14-2)16-7-9/h3-7,17H,1-2H3,(H,14,15,16). The van der Waals surface area contributed by atoms with Gasteiger partial charge in [-0.05, 0) is 24.6 Å². The first-order valence-corrected chi connectivity index (χ1v) is 7.57. The molecule has 2 aromatic rings. The Morgan fingerprint density at radius 2 is 1.85 bits per heavy atom. The lowest BCUT2D eigenvalue weighted by Crippen LogP contribution is -2.14. The molecule has 0 aliphatic rings. The van der Waals surface area contributed by atoms with Crippen LogP contribution in [0.4, 0.5) is 11.6 Å². The molecule has 6 nitrogen and oxygen atoms in total. The molecule has 0 atom stereocenters. The number of rotatable bonds is 4. The molecular weight excluding hydrogens is 300 g/mol. The topological polar surface area (TPSA) is 84.0 Å². The van der Waals surface area contributed by atoms with Gasteiger partial charge in [0.05, 0.1) is 23.1 Å². The molecule has 1 aromatic carbocycles. The highest BCUT2D eigenvalue weighted by molar-refractivity contribution is 7.92. The molecule has 0 unspecified atom stereocenters. The molecule has 2 rings (SSSR count). The molecule has 0 bridgehead atoms. The predicted octanol–water partition coefficient (Wildman–Crippen LogP) is 2.28. The number of benzene rings is 1. The summed E-state index contributed by atoms with van der Waals surface area (Å²) in [6.07, 6.45) is 2.45. The third-order valence-electron chi connectivity index (χ3n) is 2.53. The zero-order valence-electron chi connectivity index (χ0n) is 10.9. The lowest BCUT2D eigenvalue weighted by atomic mass is 10.2. The van der Waals surface area contributed by atoms with Crippen molar-refractivity contribution in [3.63, 3.8) is 0 Å². The molecular formula is C12H13ClN4O2S. The molecule has 0 aliphatic carbocycles. The van der Waals surface area contributed by atoms with Gasteiger partial charge in [-0.25, -0.2) is 18.4 Å². The Morgan fingerprint density at radius 1 is 1.20 bits per heavy atom. The molecule has 0 spiro atoms. The summed E-state index contributed by atoms with van der Waals surface area (Å²) in [4.78, 5) is 7.70. The van der Waals surface area contributed by atoms with E-state index in [-0.39, 0.29) is 4.90 Å². The Labute approximate surface area is 122 Å². The number of aromatic nitrogens is 2. The van der Waals surface area contributed by atoms with Crippen LogP contribution >= 0.6 is 11.6 Å². The Hall–Kier alpha value is -1.86. The number of sulfonamides is 1. The average Bonchev–Trinajstić information content (AvgIpc) is 2.42. The zero-order valence-corrected chi connectivity index (χ0v) is 12.5. The molecule has 20 heavy (non-hydrogen) atoms. The highest BCUT2D eigenvalue weighted by Gasteiger charge is 2.16. The first-order chi connectivity index (χ1) is 9.42. The van der Waals surface area contributed by atoms with Crippen LogP contribution < -0.4 is 10.0 Å². The summed E-state index contributed by atoms with van der Waals surface area (Å²) in [5, 5.41) is 3.05. The summed E-state index contributed by atoms with van der Waals surface area (Å²) < 4.78 is 26.7. The number of hydrogen-bond acceptors (Lipinski definition) is 5. The summed E-state index contributed by atoms with van der Waals surface area (Å²) in [7, 11) is -2.11. The van der Waals surface area contributed by atoms with Gasteiger partial charge in [-0.15, -0.1) is 0 Å². The second-order valence-electron chi connectivity index (χ2n) is 4.08. The maximum Gasteiger partial charge on any atom is 0.265 e. The quantitative estimate of drug-likeness (QED) is 0.905. The normalized spacial score (nSPS) is 11.2. The Balaban J connectivity index is 2.30. The molecule has 106 valence electrons. The van der Waals surface area contributed by atoms with E-state index in [1.807, 2.05) is 6.92 Å². The third kappa shape index (κ3) is 3.17. The van der Waals surface area contributed by atoms with E-state index in [9.17, 15) is 8.42 Å². The number of halogens is 1. The first kappa shape index (κ1) is 14.5. The van der Waals surface area contributed by atoms with E-state index in [0.29, 0.717) is 16.7 Å². The molecule has 0 amide bonds. The molecule has 8 heteroatoms. The third-order valence-corrected chi connectivity index (χ3v) is 4.16. The van der Waals surface area contributed by atoms with Gasteiger partial charge in [0, 0.05) is 7.05 Å². The maximum absolute atomic E-state index is 12.2. The second kappa shape index (κ2) is 5.64. The Morgan fingerprint density at radius 3 is 2.40 bits per heavy atom. The molecule has 2 N–H and O–H groups in total. The van der Waals surface area contributed by atoms with Crippen molar-refractivity contribution in [1.29, 1.82) is 0 Å². The van der Waals surface area contributed by atoms with Crippen molar-refractivity contribution in [1.82, 2.24) is 9.97 Å². The molecule has 1 aromatic heterocycles. The number of aryl methyl sites for hydroxylation is 1. The van der Waals surface area contributed by atoms with Gasteiger partial charge < -0.3 is 5.32 Å². The van der Waals surface area contributed by atoms with E-state index < -0.39 is 10.0 Å². The predicted molar refractivity (Wildman–Crippen MR) is 78.6 cm³/mol. The van der Waals surface area contributed by atoms with Crippen LogP contribution in [0.5, 0.6) is 0 Å². The van der Waals surface area contributed by atoms with Gasteiger partial charge in [0.1, 0.15) is 4.90 Å². The fourth-order valence-electron chi connectivity index (χ4n) is 1.49. The van der Waals surface area contributed by atoms with Gasteiger partial charge in [0.2, 0.25) is 5.95 Å². The van der Waals surface area contributed by atoms with Crippen molar-refractivity contribution >= 4 is 33.3 Å². The summed E-state index contributed by atoms with van der Waals surface area (Å²) in [5.74, 6) is 0.345. The molecule has 0 fully saturated rings. The highest BCUT2D eigenvalue weighted by Crippen LogP contribution is 2.25. The largest absolute Gasteiger partial charge is 0.357 e.